The van der Waals surface area contributed by atoms with E-state index in [0.717, 1.165) is 31.4 Å². The smallest absolute Gasteiger partial charge is 0.317 e. The number of carboxylic acid groups (broad SMARTS) is 1. The molecule has 20 heavy (non-hydrogen) atoms. The van der Waals surface area contributed by atoms with Gasteiger partial charge in [-0.15, -0.1) is 0 Å². The van der Waals surface area contributed by atoms with Crippen molar-refractivity contribution in [1.82, 2.24) is 10.2 Å². The van der Waals surface area contributed by atoms with E-state index in [1.807, 2.05) is 16.8 Å². The molecule has 1 fully saturated rings. The molecule has 1 aliphatic heterocycles. The van der Waals surface area contributed by atoms with Crippen LogP contribution in [0.15, 0.2) is 16.8 Å². The van der Waals surface area contributed by atoms with E-state index in [9.17, 15) is 9.59 Å². The fourth-order valence-electron chi connectivity index (χ4n) is 2.53. The number of nitrogens with one attached hydrogen (secondary N) is 1. The molecule has 110 valence electrons. The van der Waals surface area contributed by atoms with Crippen molar-refractivity contribution < 1.29 is 14.7 Å². The van der Waals surface area contributed by atoms with Crippen LogP contribution in [0.1, 0.15) is 37.7 Å². The van der Waals surface area contributed by atoms with Crippen molar-refractivity contribution in [2.75, 3.05) is 6.54 Å². The van der Waals surface area contributed by atoms with Gasteiger partial charge in [0.1, 0.15) is 0 Å². The van der Waals surface area contributed by atoms with E-state index in [2.05, 4.69) is 5.32 Å². The van der Waals surface area contributed by atoms with Crippen molar-refractivity contribution >= 4 is 23.3 Å². The lowest BCUT2D eigenvalue weighted by Crippen LogP contribution is -2.48. The number of hydrogen-bond donors (Lipinski definition) is 2. The van der Waals surface area contributed by atoms with Gasteiger partial charge in [-0.05, 0) is 48.1 Å². The Morgan fingerprint density at radius 3 is 3.00 bits per heavy atom. The van der Waals surface area contributed by atoms with Crippen molar-refractivity contribution in [1.29, 1.82) is 0 Å². The molecule has 2 heterocycles. The second kappa shape index (κ2) is 7.28. The zero-order valence-electron chi connectivity index (χ0n) is 11.4. The Kier molecular flexibility index (Phi) is 5.40. The SMILES string of the molecule is O=C(O)CCC1CCCCN1C(=O)NCc1ccsc1. The first kappa shape index (κ1) is 14.8. The minimum absolute atomic E-state index is 0.0577. The Balaban J connectivity index is 1.86. The predicted molar refractivity (Wildman–Crippen MR) is 77.8 cm³/mol. The molecule has 1 aromatic heterocycles. The summed E-state index contributed by atoms with van der Waals surface area (Å²) in [5.41, 5.74) is 1.10. The molecule has 1 unspecified atom stereocenters. The number of thiophene rings is 1. The maximum atomic E-state index is 12.2. The van der Waals surface area contributed by atoms with Gasteiger partial charge in [0.2, 0.25) is 0 Å². The summed E-state index contributed by atoms with van der Waals surface area (Å²) < 4.78 is 0. The molecule has 1 saturated heterocycles. The molecule has 2 amide bonds. The van der Waals surface area contributed by atoms with Gasteiger partial charge in [0, 0.05) is 25.6 Å². The van der Waals surface area contributed by atoms with E-state index in [1.165, 1.54) is 0 Å². The zero-order valence-corrected chi connectivity index (χ0v) is 12.2. The maximum absolute atomic E-state index is 12.2. The van der Waals surface area contributed by atoms with Gasteiger partial charge in [0.25, 0.3) is 0 Å². The number of carbonyl (C=O) groups is 2. The molecule has 6 heteroatoms. The summed E-state index contributed by atoms with van der Waals surface area (Å²) >= 11 is 1.61. The fraction of sp³-hybridized carbons (Fsp3) is 0.571. The molecular weight excluding hydrogens is 276 g/mol. The molecule has 0 saturated carbocycles. The van der Waals surface area contributed by atoms with Gasteiger partial charge in [0.05, 0.1) is 0 Å². The van der Waals surface area contributed by atoms with Crippen LogP contribution in [0.5, 0.6) is 0 Å². The summed E-state index contributed by atoms with van der Waals surface area (Å²) in [4.78, 5) is 24.7. The normalized spacial score (nSPS) is 18.8. The summed E-state index contributed by atoms with van der Waals surface area (Å²) in [6, 6.07) is 1.97. The van der Waals surface area contributed by atoms with Crippen LogP contribution in [0.2, 0.25) is 0 Å². The van der Waals surface area contributed by atoms with Crippen LogP contribution in [0.3, 0.4) is 0 Å². The lowest BCUT2D eigenvalue weighted by Gasteiger charge is -2.35. The highest BCUT2D eigenvalue weighted by molar-refractivity contribution is 7.07. The molecule has 0 radical (unpaired) electrons. The monoisotopic (exact) mass is 296 g/mol. The van der Waals surface area contributed by atoms with Crippen molar-refractivity contribution in [3.63, 3.8) is 0 Å². The number of piperidine rings is 1. The number of nitrogens with zero attached hydrogens (tertiary/aromatic N) is 1. The highest BCUT2D eigenvalue weighted by Crippen LogP contribution is 2.21. The Bertz CT molecular complexity index is 447. The average Bonchev–Trinajstić information content (AvgIpc) is 2.96. The Morgan fingerprint density at radius 1 is 1.45 bits per heavy atom. The standard InChI is InChI=1S/C14H20N2O3S/c17-13(18)5-4-12-3-1-2-7-16(12)14(19)15-9-11-6-8-20-10-11/h6,8,10,12H,1-5,7,9H2,(H,15,19)(H,17,18). The van der Waals surface area contributed by atoms with Gasteiger partial charge in [0.15, 0.2) is 0 Å². The average molecular weight is 296 g/mol. The van der Waals surface area contributed by atoms with Gasteiger partial charge in [-0.25, -0.2) is 4.79 Å². The number of urea groups is 1. The van der Waals surface area contributed by atoms with Gasteiger partial charge in [-0.3, -0.25) is 4.79 Å². The van der Waals surface area contributed by atoms with Crippen LogP contribution in [-0.2, 0) is 11.3 Å². The van der Waals surface area contributed by atoms with Crippen molar-refractivity contribution in [3.05, 3.63) is 22.4 Å². The van der Waals surface area contributed by atoms with Crippen molar-refractivity contribution in [2.45, 2.75) is 44.7 Å². The molecule has 0 aliphatic carbocycles. The zero-order chi connectivity index (χ0) is 14.4. The van der Waals surface area contributed by atoms with E-state index in [1.54, 1.807) is 16.2 Å². The number of likely N-dealkylation sites (tertiary alicyclic amines) is 1. The number of aliphatic carboxylic acids is 1. The summed E-state index contributed by atoms with van der Waals surface area (Å²) in [6.45, 7) is 1.25. The highest BCUT2D eigenvalue weighted by Gasteiger charge is 2.26. The minimum atomic E-state index is -0.797. The molecule has 2 N–H and O–H groups in total. The lowest BCUT2D eigenvalue weighted by molar-refractivity contribution is -0.137. The predicted octanol–water partition coefficient (Wildman–Crippen LogP) is 2.68. The molecule has 0 spiro atoms. The highest BCUT2D eigenvalue weighted by atomic mass is 32.1. The van der Waals surface area contributed by atoms with Gasteiger partial charge in [-0.2, -0.15) is 11.3 Å². The van der Waals surface area contributed by atoms with Crippen molar-refractivity contribution in [2.24, 2.45) is 0 Å². The summed E-state index contributed by atoms with van der Waals surface area (Å²) in [6.07, 6.45) is 3.63. The molecule has 1 atom stereocenters. The molecule has 1 aliphatic rings. The summed E-state index contributed by atoms with van der Waals surface area (Å²) in [5, 5.41) is 15.7. The molecule has 5 nitrogen and oxygen atoms in total. The third-order valence-corrected chi connectivity index (χ3v) is 4.34. The maximum Gasteiger partial charge on any atom is 0.317 e. The van der Waals surface area contributed by atoms with Crippen LogP contribution in [-0.4, -0.2) is 34.6 Å². The summed E-state index contributed by atoms with van der Waals surface area (Å²) in [7, 11) is 0. The first-order valence-corrected chi connectivity index (χ1v) is 7.88. The van der Waals surface area contributed by atoms with E-state index in [0.29, 0.717) is 13.0 Å². The Morgan fingerprint density at radius 2 is 2.30 bits per heavy atom. The molecule has 0 aromatic carbocycles. The molecule has 2 rings (SSSR count). The van der Waals surface area contributed by atoms with E-state index in [-0.39, 0.29) is 18.5 Å². The van der Waals surface area contributed by atoms with Crippen LogP contribution >= 0.6 is 11.3 Å². The minimum Gasteiger partial charge on any atom is -0.481 e. The van der Waals surface area contributed by atoms with E-state index < -0.39 is 5.97 Å². The largest absolute Gasteiger partial charge is 0.481 e. The first-order valence-electron chi connectivity index (χ1n) is 6.94. The van der Waals surface area contributed by atoms with Crippen molar-refractivity contribution in [3.8, 4) is 0 Å². The third kappa shape index (κ3) is 4.23. The lowest BCUT2D eigenvalue weighted by atomic mass is 9.98. The van der Waals surface area contributed by atoms with Crippen LogP contribution in [0, 0.1) is 0 Å². The van der Waals surface area contributed by atoms with E-state index in [4.69, 9.17) is 5.11 Å². The fourth-order valence-corrected chi connectivity index (χ4v) is 3.20. The third-order valence-electron chi connectivity index (χ3n) is 3.60. The topological polar surface area (TPSA) is 69.6 Å². The van der Waals surface area contributed by atoms with Gasteiger partial charge in [-0.1, -0.05) is 0 Å². The number of hydrogen-bond acceptors (Lipinski definition) is 3. The van der Waals surface area contributed by atoms with Gasteiger partial charge < -0.3 is 15.3 Å². The Hall–Kier alpha value is -1.56. The number of carbonyl (C=O) groups excluding carboxylic acids is 1. The quantitative estimate of drug-likeness (QED) is 0.877. The Labute approximate surface area is 122 Å². The second-order valence-corrected chi connectivity index (χ2v) is 5.85. The van der Waals surface area contributed by atoms with E-state index >= 15 is 0 Å². The first-order chi connectivity index (χ1) is 9.66. The number of amides is 2. The van der Waals surface area contributed by atoms with Crippen LogP contribution in [0.25, 0.3) is 0 Å². The molecule has 0 bridgehead atoms. The molecular formula is C14H20N2O3S. The van der Waals surface area contributed by atoms with Gasteiger partial charge >= 0.3 is 12.0 Å². The molecule has 1 aromatic rings. The van der Waals surface area contributed by atoms with Crippen LogP contribution < -0.4 is 5.32 Å². The summed E-state index contributed by atoms with van der Waals surface area (Å²) in [5.74, 6) is -0.797. The second-order valence-electron chi connectivity index (χ2n) is 5.07. The number of rotatable bonds is 5. The number of carboxylic acids is 1. The van der Waals surface area contributed by atoms with Crippen LogP contribution in [0.4, 0.5) is 4.79 Å².